The molecule has 1 aliphatic heterocycles. The van der Waals surface area contributed by atoms with E-state index < -0.39 is 18.1 Å². The topological polar surface area (TPSA) is 77.5 Å². The number of halogens is 3. The van der Waals surface area contributed by atoms with Crippen LogP contribution in [0.25, 0.3) is 0 Å². The van der Waals surface area contributed by atoms with E-state index in [1.165, 1.54) is 5.56 Å². The molecule has 6 nitrogen and oxygen atoms in total. The number of pyridine rings is 1. The second-order valence-electron chi connectivity index (χ2n) is 8.79. The van der Waals surface area contributed by atoms with Gasteiger partial charge in [-0.15, -0.1) is 0 Å². The average Bonchev–Trinajstić information content (AvgIpc) is 2.88. The number of benzene rings is 2. The fourth-order valence-electron chi connectivity index (χ4n) is 4.13. The number of aromatic nitrogens is 1. The summed E-state index contributed by atoms with van der Waals surface area (Å²) in [4.78, 5) is 27.2. The molecule has 0 spiro atoms. The van der Waals surface area contributed by atoms with Gasteiger partial charge in [-0.2, -0.15) is 13.2 Å². The number of alkyl halides is 3. The summed E-state index contributed by atoms with van der Waals surface area (Å²) in [7, 11) is 0. The molecule has 9 heteroatoms. The predicted octanol–water partition coefficient (Wildman–Crippen LogP) is 5.22. The van der Waals surface area contributed by atoms with Crippen LogP contribution in [0.4, 0.5) is 19.0 Å². The summed E-state index contributed by atoms with van der Waals surface area (Å²) < 4.78 is 46.6. The first-order valence-corrected chi connectivity index (χ1v) is 12.1. The molecule has 0 aliphatic carbocycles. The maximum atomic E-state index is 12.3. The minimum Gasteiger partial charge on any atom is -0.493 e. The lowest BCUT2D eigenvalue weighted by Crippen LogP contribution is -2.28. The van der Waals surface area contributed by atoms with Crippen LogP contribution in [0.15, 0.2) is 60.7 Å². The zero-order chi connectivity index (χ0) is 26.3. The number of rotatable bonds is 9. The van der Waals surface area contributed by atoms with Gasteiger partial charge in [0.25, 0.3) is 0 Å². The molecule has 1 aromatic heterocycles. The number of anilines is 1. The molecule has 1 aliphatic rings. The van der Waals surface area contributed by atoms with Gasteiger partial charge in [-0.25, -0.2) is 9.78 Å². The minimum atomic E-state index is -5.20. The van der Waals surface area contributed by atoms with Crippen LogP contribution < -0.4 is 10.1 Å². The Bertz CT molecular complexity index is 1240. The van der Waals surface area contributed by atoms with Gasteiger partial charge in [0.05, 0.1) is 13.0 Å². The molecule has 0 amide bonds. The summed E-state index contributed by atoms with van der Waals surface area (Å²) in [6, 6.07) is 19.2. The maximum Gasteiger partial charge on any atom is 0.491 e. The maximum absolute atomic E-state index is 12.3. The van der Waals surface area contributed by atoms with E-state index in [-0.39, 0.29) is 12.8 Å². The lowest BCUT2D eigenvalue weighted by Gasteiger charge is -2.17. The molecule has 0 radical (unpaired) electrons. The van der Waals surface area contributed by atoms with Crippen LogP contribution in [0, 0.1) is 0 Å². The highest BCUT2D eigenvalue weighted by atomic mass is 19.4. The molecule has 0 bridgehead atoms. The van der Waals surface area contributed by atoms with Crippen molar-refractivity contribution in [2.24, 2.45) is 0 Å². The van der Waals surface area contributed by atoms with Crippen molar-refractivity contribution in [1.29, 1.82) is 0 Å². The number of hydrogen-bond donors (Lipinski definition) is 1. The molecule has 0 atom stereocenters. The number of aryl methyl sites for hydroxylation is 2. The first-order chi connectivity index (χ1) is 17.8. The van der Waals surface area contributed by atoms with E-state index in [1.807, 2.05) is 42.5 Å². The quantitative estimate of drug-likeness (QED) is 0.313. The molecule has 2 aromatic carbocycles. The Morgan fingerprint density at radius 3 is 2.46 bits per heavy atom. The molecule has 0 unspecified atom stereocenters. The van der Waals surface area contributed by atoms with Gasteiger partial charge >= 0.3 is 18.1 Å². The number of hydrogen-bond acceptors (Lipinski definition) is 6. The summed E-state index contributed by atoms with van der Waals surface area (Å²) in [6.07, 6.45) is -1.92. The molecule has 4 rings (SSSR count). The lowest BCUT2D eigenvalue weighted by molar-refractivity contribution is -0.201. The van der Waals surface area contributed by atoms with Gasteiger partial charge in [0.2, 0.25) is 0 Å². The van der Waals surface area contributed by atoms with E-state index in [0.29, 0.717) is 19.4 Å². The standard InChI is InChI=1S/C28H27F3N2O4/c29-28(30,31)27(35)37-25(34)14-10-20-4-1-2-5-22(20)18-19-7-12-24(13-8-19)36-17-15-23-11-9-21-6-3-16-32-26(21)33-23/h1-2,4-5,7-9,11-13H,3,6,10,14-18H2,(H,32,33). The number of carbonyl (C=O) groups excluding carboxylic acids is 2. The molecular weight excluding hydrogens is 485 g/mol. The Kier molecular flexibility index (Phi) is 8.43. The molecule has 37 heavy (non-hydrogen) atoms. The average molecular weight is 513 g/mol. The molecule has 1 N–H and O–H groups in total. The van der Waals surface area contributed by atoms with Gasteiger partial charge in [-0.05, 0) is 66.1 Å². The highest BCUT2D eigenvalue weighted by Crippen LogP contribution is 2.22. The van der Waals surface area contributed by atoms with Crippen LogP contribution >= 0.6 is 0 Å². The number of fused-ring (bicyclic) bond motifs is 1. The summed E-state index contributed by atoms with van der Waals surface area (Å²) >= 11 is 0. The van der Waals surface area contributed by atoms with Gasteiger partial charge in [0, 0.05) is 18.7 Å². The van der Waals surface area contributed by atoms with Crippen LogP contribution in [0.2, 0.25) is 0 Å². The van der Waals surface area contributed by atoms with Gasteiger partial charge in [-0.1, -0.05) is 42.5 Å². The van der Waals surface area contributed by atoms with Crippen LogP contribution in [0.5, 0.6) is 5.75 Å². The number of ether oxygens (including phenoxy) is 2. The van der Waals surface area contributed by atoms with Crippen LogP contribution in [-0.2, 0) is 40.0 Å². The largest absolute Gasteiger partial charge is 0.493 e. The van der Waals surface area contributed by atoms with Crippen molar-refractivity contribution in [2.75, 3.05) is 18.5 Å². The van der Waals surface area contributed by atoms with Crippen LogP contribution in [0.1, 0.15) is 40.8 Å². The van der Waals surface area contributed by atoms with Crippen molar-refractivity contribution in [1.82, 2.24) is 4.98 Å². The van der Waals surface area contributed by atoms with Gasteiger partial charge in [0.1, 0.15) is 11.6 Å². The van der Waals surface area contributed by atoms with Crippen LogP contribution in [-0.4, -0.2) is 36.3 Å². The first kappa shape index (κ1) is 26.2. The van der Waals surface area contributed by atoms with Crippen LogP contribution in [0.3, 0.4) is 0 Å². The Balaban J connectivity index is 1.27. The highest BCUT2D eigenvalue weighted by Gasteiger charge is 2.42. The number of nitrogens with zero attached hydrogens (tertiary/aromatic N) is 1. The van der Waals surface area contributed by atoms with Crippen molar-refractivity contribution in [2.45, 2.75) is 44.7 Å². The Hall–Kier alpha value is -3.88. The monoisotopic (exact) mass is 512 g/mol. The smallest absolute Gasteiger partial charge is 0.491 e. The summed E-state index contributed by atoms with van der Waals surface area (Å²) in [5.41, 5.74) is 4.97. The molecule has 2 heterocycles. The second-order valence-corrected chi connectivity index (χ2v) is 8.79. The molecule has 3 aromatic rings. The molecular formula is C28H27F3N2O4. The van der Waals surface area contributed by atoms with E-state index in [2.05, 4.69) is 21.1 Å². The molecule has 0 saturated carbocycles. The van der Waals surface area contributed by atoms with Gasteiger partial charge < -0.3 is 14.8 Å². The summed E-state index contributed by atoms with van der Waals surface area (Å²) in [5, 5.41) is 3.34. The predicted molar refractivity (Wildman–Crippen MR) is 131 cm³/mol. The fourth-order valence-corrected chi connectivity index (χ4v) is 4.13. The van der Waals surface area contributed by atoms with Crippen molar-refractivity contribution in [3.8, 4) is 5.75 Å². The lowest BCUT2D eigenvalue weighted by atomic mass is 9.97. The van der Waals surface area contributed by atoms with E-state index in [0.717, 1.165) is 53.3 Å². The molecule has 0 fully saturated rings. The van der Waals surface area contributed by atoms with E-state index in [9.17, 15) is 22.8 Å². The van der Waals surface area contributed by atoms with Gasteiger partial charge in [0.15, 0.2) is 0 Å². The Morgan fingerprint density at radius 2 is 1.70 bits per heavy atom. The van der Waals surface area contributed by atoms with Crippen molar-refractivity contribution < 1.29 is 32.2 Å². The number of carbonyl (C=O) groups is 2. The summed E-state index contributed by atoms with van der Waals surface area (Å²) in [5.74, 6) is -1.99. The second kappa shape index (κ2) is 11.9. The number of nitrogens with one attached hydrogen (secondary N) is 1. The molecule has 0 saturated heterocycles. The minimum absolute atomic E-state index is 0.160. The fraction of sp³-hybridized carbons (Fsp3) is 0.321. The first-order valence-electron chi connectivity index (χ1n) is 12.1. The number of esters is 2. The SMILES string of the molecule is O=C(CCc1ccccc1Cc1ccc(OCCc2ccc3c(n2)NCCC3)cc1)OC(=O)C(F)(F)F. The highest BCUT2D eigenvalue weighted by molar-refractivity contribution is 5.88. The van der Waals surface area contributed by atoms with E-state index in [1.54, 1.807) is 12.1 Å². The Labute approximate surface area is 212 Å². The third kappa shape index (κ3) is 7.55. The van der Waals surface area contributed by atoms with Gasteiger partial charge in [-0.3, -0.25) is 4.79 Å². The van der Waals surface area contributed by atoms with Crippen molar-refractivity contribution in [3.05, 3.63) is 88.6 Å². The Morgan fingerprint density at radius 1 is 0.946 bits per heavy atom. The summed E-state index contributed by atoms with van der Waals surface area (Å²) in [6.45, 7) is 1.45. The normalized spacial score (nSPS) is 12.8. The molecule has 194 valence electrons. The zero-order valence-corrected chi connectivity index (χ0v) is 20.1. The van der Waals surface area contributed by atoms with Crippen molar-refractivity contribution in [3.63, 3.8) is 0 Å². The third-order valence-electron chi connectivity index (χ3n) is 6.05. The van der Waals surface area contributed by atoms with Crippen molar-refractivity contribution >= 4 is 17.8 Å². The zero-order valence-electron chi connectivity index (χ0n) is 20.1. The van der Waals surface area contributed by atoms with E-state index in [4.69, 9.17) is 4.74 Å². The third-order valence-corrected chi connectivity index (χ3v) is 6.05. The van der Waals surface area contributed by atoms with E-state index >= 15 is 0 Å².